The first-order valence-electron chi connectivity index (χ1n) is 12.0. The van der Waals surface area contributed by atoms with Crippen LogP contribution in [0, 0.1) is 0 Å². The van der Waals surface area contributed by atoms with Crippen LogP contribution in [-0.2, 0) is 12.8 Å². The van der Waals surface area contributed by atoms with Crippen molar-refractivity contribution in [1.29, 1.82) is 0 Å². The van der Waals surface area contributed by atoms with Crippen molar-refractivity contribution in [2.24, 2.45) is 0 Å². The maximum absolute atomic E-state index is 5.06. The van der Waals surface area contributed by atoms with Crippen molar-refractivity contribution in [2.75, 3.05) is 0 Å². The number of benzene rings is 3. The zero-order valence-electron chi connectivity index (χ0n) is 18.8. The summed E-state index contributed by atoms with van der Waals surface area (Å²) >= 11 is 0. The Labute approximate surface area is 200 Å². The Morgan fingerprint density at radius 3 is 2.46 bits per heavy atom. The van der Waals surface area contributed by atoms with Crippen LogP contribution in [0.15, 0.2) is 85.3 Å². The molecule has 9 rings (SSSR count). The Balaban J connectivity index is 1.45. The van der Waals surface area contributed by atoms with Gasteiger partial charge in [-0.15, -0.1) is 0 Å². The topological polar surface area (TPSA) is 43.1 Å². The summed E-state index contributed by atoms with van der Waals surface area (Å²) in [6, 6.07) is 24.5. The summed E-state index contributed by atoms with van der Waals surface area (Å²) in [5.41, 5.74) is 16.2. The van der Waals surface area contributed by atoms with Gasteiger partial charge in [-0.1, -0.05) is 36.4 Å². The Bertz CT molecular complexity index is 2070. The second-order valence-electron chi connectivity index (χ2n) is 9.71. The van der Waals surface area contributed by atoms with Gasteiger partial charge in [0, 0.05) is 23.2 Å². The Morgan fingerprint density at radius 1 is 0.657 bits per heavy atom. The average molecular weight is 447 g/mol. The summed E-state index contributed by atoms with van der Waals surface area (Å²) in [6.07, 6.45) is 7.54. The summed E-state index contributed by atoms with van der Waals surface area (Å²) in [7, 11) is 0. The molecule has 35 heavy (non-hydrogen) atoms. The van der Waals surface area contributed by atoms with Gasteiger partial charge < -0.3 is 0 Å². The van der Waals surface area contributed by atoms with Crippen LogP contribution < -0.4 is 0 Å². The molecule has 162 valence electrons. The fraction of sp³-hybridized carbons (Fsp3) is 0.0645. The lowest BCUT2D eigenvalue weighted by atomic mass is 9.93. The minimum Gasteiger partial charge on any atom is -0.290 e. The number of imidazole rings is 1. The molecule has 0 amide bonds. The second kappa shape index (κ2) is 6.10. The van der Waals surface area contributed by atoms with Gasteiger partial charge in [0.15, 0.2) is 0 Å². The van der Waals surface area contributed by atoms with Crippen molar-refractivity contribution in [3.63, 3.8) is 0 Å². The molecule has 2 aliphatic carbocycles. The molecular formula is C31H18N4. The van der Waals surface area contributed by atoms with E-state index in [2.05, 4.69) is 64.0 Å². The molecular weight excluding hydrogens is 428 g/mol. The fourth-order valence-corrected chi connectivity index (χ4v) is 6.47. The first-order valence-corrected chi connectivity index (χ1v) is 12.0. The molecule has 4 heterocycles. The Morgan fingerprint density at radius 2 is 1.51 bits per heavy atom. The number of nitrogens with zero attached hydrogens (tertiary/aromatic N) is 4. The van der Waals surface area contributed by atoms with Crippen LogP contribution in [0.25, 0.3) is 60.7 Å². The predicted molar refractivity (Wildman–Crippen MR) is 140 cm³/mol. The molecule has 4 aromatic heterocycles. The average Bonchev–Trinajstić information content (AvgIpc) is 3.58. The minimum absolute atomic E-state index is 0.904. The van der Waals surface area contributed by atoms with E-state index < -0.39 is 0 Å². The van der Waals surface area contributed by atoms with Crippen molar-refractivity contribution >= 4 is 38.5 Å². The molecule has 0 N–H and O–H groups in total. The van der Waals surface area contributed by atoms with Crippen molar-refractivity contribution in [3.8, 4) is 22.3 Å². The van der Waals surface area contributed by atoms with Crippen LogP contribution in [0.3, 0.4) is 0 Å². The molecule has 0 unspecified atom stereocenters. The molecule has 4 heteroatoms. The molecule has 2 aliphatic rings. The van der Waals surface area contributed by atoms with Gasteiger partial charge in [0.25, 0.3) is 0 Å². The summed E-state index contributed by atoms with van der Waals surface area (Å²) in [6.45, 7) is 0. The van der Waals surface area contributed by atoms with Crippen LogP contribution in [0.4, 0.5) is 0 Å². The van der Waals surface area contributed by atoms with Gasteiger partial charge in [0.05, 0.1) is 22.7 Å². The third-order valence-electron chi connectivity index (χ3n) is 7.92. The smallest absolute Gasteiger partial charge is 0.146 e. The highest BCUT2D eigenvalue weighted by Crippen LogP contribution is 2.50. The van der Waals surface area contributed by atoms with Gasteiger partial charge in [-0.3, -0.25) is 14.4 Å². The van der Waals surface area contributed by atoms with Crippen molar-refractivity contribution < 1.29 is 0 Å². The number of hydrogen-bond donors (Lipinski definition) is 0. The molecule has 0 aliphatic heterocycles. The van der Waals surface area contributed by atoms with Crippen molar-refractivity contribution in [2.45, 2.75) is 12.8 Å². The van der Waals surface area contributed by atoms with E-state index in [1.54, 1.807) is 0 Å². The number of pyridine rings is 3. The molecule has 0 bridgehead atoms. The van der Waals surface area contributed by atoms with Crippen LogP contribution in [-0.4, -0.2) is 19.4 Å². The van der Waals surface area contributed by atoms with Gasteiger partial charge in [-0.2, -0.15) is 0 Å². The molecule has 4 nitrogen and oxygen atoms in total. The molecule has 0 spiro atoms. The molecule has 0 radical (unpaired) electrons. The third-order valence-corrected chi connectivity index (χ3v) is 7.92. The van der Waals surface area contributed by atoms with E-state index in [9.17, 15) is 0 Å². The van der Waals surface area contributed by atoms with Gasteiger partial charge in [0.1, 0.15) is 11.2 Å². The van der Waals surface area contributed by atoms with Gasteiger partial charge >= 0.3 is 0 Å². The molecule has 3 aromatic carbocycles. The number of hydrogen-bond acceptors (Lipinski definition) is 3. The highest BCUT2D eigenvalue weighted by Gasteiger charge is 2.29. The Kier molecular flexibility index (Phi) is 3.11. The van der Waals surface area contributed by atoms with E-state index in [4.69, 9.17) is 9.97 Å². The van der Waals surface area contributed by atoms with E-state index >= 15 is 0 Å². The summed E-state index contributed by atoms with van der Waals surface area (Å²) < 4.78 is 2.24. The van der Waals surface area contributed by atoms with Crippen LogP contribution in [0.2, 0.25) is 0 Å². The zero-order valence-corrected chi connectivity index (χ0v) is 18.8. The van der Waals surface area contributed by atoms with E-state index in [-0.39, 0.29) is 0 Å². The quantitative estimate of drug-likeness (QED) is 0.243. The molecule has 0 atom stereocenters. The maximum Gasteiger partial charge on any atom is 0.146 e. The first kappa shape index (κ1) is 17.8. The van der Waals surface area contributed by atoms with Gasteiger partial charge in [-0.05, 0) is 87.7 Å². The predicted octanol–water partition coefficient (Wildman–Crippen LogP) is 6.73. The maximum atomic E-state index is 5.06. The lowest BCUT2D eigenvalue weighted by Gasteiger charge is -2.13. The first-order chi connectivity index (χ1) is 17.3. The van der Waals surface area contributed by atoms with Crippen molar-refractivity contribution in [1.82, 2.24) is 19.4 Å². The lowest BCUT2D eigenvalue weighted by molar-refractivity contribution is 1.23. The molecule has 7 aromatic rings. The van der Waals surface area contributed by atoms with E-state index in [1.165, 1.54) is 49.9 Å². The normalized spacial score (nSPS) is 13.5. The van der Waals surface area contributed by atoms with Crippen LogP contribution in [0.1, 0.15) is 22.3 Å². The van der Waals surface area contributed by atoms with Crippen molar-refractivity contribution in [3.05, 3.63) is 108 Å². The monoisotopic (exact) mass is 446 g/mol. The highest BCUT2D eigenvalue weighted by atomic mass is 15.0. The largest absolute Gasteiger partial charge is 0.290 e. The summed E-state index contributed by atoms with van der Waals surface area (Å²) in [4.78, 5) is 14.2. The molecule has 0 fully saturated rings. The fourth-order valence-electron chi connectivity index (χ4n) is 6.47. The zero-order chi connectivity index (χ0) is 22.7. The second-order valence-corrected chi connectivity index (χ2v) is 9.71. The van der Waals surface area contributed by atoms with E-state index in [0.29, 0.717) is 0 Å². The van der Waals surface area contributed by atoms with E-state index in [1.807, 2.05) is 30.7 Å². The summed E-state index contributed by atoms with van der Waals surface area (Å²) in [5.74, 6) is 0. The lowest BCUT2D eigenvalue weighted by Crippen LogP contribution is -1.94. The standard InChI is InChI=1S/C31H18N4/c1-2-5-21-17(4-1)12-18-7-8-19-13-20-14-23-24(15-22(20)29(19)28(18)21)31-34-25-16-32-11-9-26(25)35(31)27-6-3-10-33-30(23)27/h1-11,14-16H,12-13H2. The van der Waals surface area contributed by atoms with E-state index in [0.717, 1.165) is 45.9 Å². The molecule has 0 saturated heterocycles. The third kappa shape index (κ3) is 2.15. The Hall–Kier alpha value is -4.57. The number of fused-ring (bicyclic) bond motifs is 15. The van der Waals surface area contributed by atoms with Crippen LogP contribution >= 0.6 is 0 Å². The number of rotatable bonds is 0. The highest BCUT2D eigenvalue weighted by molar-refractivity contribution is 6.14. The van der Waals surface area contributed by atoms with Crippen LogP contribution in [0.5, 0.6) is 0 Å². The van der Waals surface area contributed by atoms with Gasteiger partial charge in [-0.25, -0.2) is 4.98 Å². The number of aromatic nitrogens is 4. The molecule has 0 saturated carbocycles. The minimum atomic E-state index is 0.904. The summed E-state index contributed by atoms with van der Waals surface area (Å²) in [5, 5.41) is 2.31. The SMILES string of the molecule is c1ccc2c(c1)Cc1ccc3c(c1-2)-c1cc2c(cc1C3)c1ncccc1n1c3ccncc3nc21. The van der Waals surface area contributed by atoms with Gasteiger partial charge in [0.2, 0.25) is 0 Å².